The molecule has 0 N–H and O–H groups in total. The topological polar surface area (TPSA) is 34.1 Å². The molecule has 102 valence electrons. The maximum absolute atomic E-state index is 12.8. The van der Waals surface area contributed by atoms with Gasteiger partial charge in [0.25, 0.3) is 0 Å². The highest BCUT2D eigenvalue weighted by Crippen LogP contribution is 2.24. The second-order valence-corrected chi connectivity index (χ2v) is 7.40. The monoisotopic (exact) mass is 336 g/mol. The first kappa shape index (κ1) is 15.6. The number of rotatable bonds is 7. The van der Waals surface area contributed by atoms with E-state index >= 15 is 0 Å². The van der Waals surface area contributed by atoms with Crippen LogP contribution in [0.2, 0.25) is 0 Å². The predicted octanol–water partition coefficient (Wildman–Crippen LogP) is 3.52. The molecule has 0 aromatic heterocycles. The minimum absolute atomic E-state index is 0.197. The summed E-state index contributed by atoms with van der Waals surface area (Å²) in [5, 5.41) is 0.755. The summed E-state index contributed by atoms with van der Waals surface area (Å²) in [6, 6.07) is 6.40. The Morgan fingerprint density at radius 1 is 1.28 bits per heavy atom. The molecule has 0 spiro atoms. The van der Waals surface area contributed by atoms with Crippen LogP contribution in [0, 0.1) is 5.82 Å². The highest BCUT2D eigenvalue weighted by Gasteiger charge is 2.13. The van der Waals surface area contributed by atoms with Crippen molar-refractivity contribution in [2.75, 3.05) is 16.8 Å². The Labute approximate surface area is 117 Å². The van der Waals surface area contributed by atoms with Crippen molar-refractivity contribution in [1.82, 2.24) is 0 Å². The fourth-order valence-corrected chi connectivity index (χ4v) is 3.35. The van der Waals surface area contributed by atoms with E-state index < -0.39 is 9.84 Å². The van der Waals surface area contributed by atoms with Gasteiger partial charge in [-0.2, -0.15) is 0 Å². The zero-order chi connectivity index (χ0) is 13.6. The lowest BCUT2D eigenvalue weighted by Gasteiger charge is -2.14. The van der Waals surface area contributed by atoms with E-state index in [-0.39, 0.29) is 23.2 Å². The van der Waals surface area contributed by atoms with Gasteiger partial charge in [0.2, 0.25) is 0 Å². The normalized spacial score (nSPS) is 13.5. The average Bonchev–Trinajstić information content (AvgIpc) is 2.36. The summed E-state index contributed by atoms with van der Waals surface area (Å²) in [5.74, 6) is 0.412. The van der Waals surface area contributed by atoms with Crippen LogP contribution in [0.15, 0.2) is 24.3 Å². The molecule has 1 aromatic carbocycles. The number of hydrogen-bond donors (Lipinski definition) is 0. The number of benzene rings is 1. The SMILES string of the molecule is CCS(=O)(=O)CCCC(CBr)c1ccc(F)cc1. The van der Waals surface area contributed by atoms with Gasteiger partial charge >= 0.3 is 0 Å². The van der Waals surface area contributed by atoms with Crippen molar-refractivity contribution in [3.8, 4) is 0 Å². The Bertz CT molecular complexity index is 456. The molecule has 0 aliphatic carbocycles. The van der Waals surface area contributed by atoms with Gasteiger partial charge in [0, 0.05) is 11.1 Å². The van der Waals surface area contributed by atoms with Crippen LogP contribution in [0.25, 0.3) is 0 Å². The van der Waals surface area contributed by atoms with E-state index in [1.807, 2.05) is 0 Å². The number of alkyl halides is 1. The fourth-order valence-electron chi connectivity index (χ4n) is 1.76. The molecule has 2 nitrogen and oxygen atoms in total. The third kappa shape index (κ3) is 5.06. The standard InChI is InChI=1S/C13H18BrFO2S/c1-2-18(16,17)9-3-4-12(10-14)11-5-7-13(15)8-6-11/h5-8,12H,2-4,9-10H2,1H3. The van der Waals surface area contributed by atoms with Gasteiger partial charge in [-0.3, -0.25) is 0 Å². The van der Waals surface area contributed by atoms with Crippen LogP contribution in [0.4, 0.5) is 4.39 Å². The number of hydrogen-bond acceptors (Lipinski definition) is 2. The van der Waals surface area contributed by atoms with E-state index in [0.29, 0.717) is 6.42 Å². The predicted molar refractivity (Wildman–Crippen MR) is 76.5 cm³/mol. The summed E-state index contributed by atoms with van der Waals surface area (Å²) in [7, 11) is -2.89. The molecule has 1 rings (SSSR count). The molecular formula is C13H18BrFO2S. The highest BCUT2D eigenvalue weighted by atomic mass is 79.9. The Morgan fingerprint density at radius 3 is 2.39 bits per heavy atom. The second-order valence-electron chi connectivity index (χ2n) is 4.28. The van der Waals surface area contributed by atoms with E-state index in [2.05, 4.69) is 15.9 Å². The molecule has 0 saturated heterocycles. The van der Waals surface area contributed by atoms with Crippen LogP contribution in [0.3, 0.4) is 0 Å². The molecule has 5 heteroatoms. The molecular weight excluding hydrogens is 319 g/mol. The molecule has 0 aliphatic rings. The second kappa shape index (κ2) is 7.24. The summed E-state index contributed by atoms with van der Waals surface area (Å²) in [6.07, 6.45) is 1.43. The van der Waals surface area contributed by atoms with E-state index in [1.165, 1.54) is 12.1 Å². The van der Waals surface area contributed by atoms with Gasteiger partial charge in [-0.15, -0.1) is 0 Å². The number of halogens is 2. The van der Waals surface area contributed by atoms with Crippen LogP contribution in [-0.2, 0) is 9.84 Å². The van der Waals surface area contributed by atoms with Crippen molar-refractivity contribution < 1.29 is 12.8 Å². The molecule has 0 fully saturated rings. The van der Waals surface area contributed by atoms with E-state index in [0.717, 1.165) is 17.3 Å². The first-order valence-corrected chi connectivity index (χ1v) is 8.94. The zero-order valence-corrected chi connectivity index (χ0v) is 12.8. The van der Waals surface area contributed by atoms with Crippen molar-refractivity contribution in [2.45, 2.75) is 25.7 Å². The summed E-state index contributed by atoms with van der Waals surface area (Å²) in [4.78, 5) is 0. The third-order valence-corrected chi connectivity index (χ3v) is 5.55. The van der Waals surface area contributed by atoms with Crippen molar-refractivity contribution in [1.29, 1.82) is 0 Å². The molecule has 0 bridgehead atoms. The minimum Gasteiger partial charge on any atom is -0.229 e. The fraction of sp³-hybridized carbons (Fsp3) is 0.538. The van der Waals surface area contributed by atoms with Crippen LogP contribution >= 0.6 is 15.9 Å². The third-order valence-electron chi connectivity index (χ3n) is 2.98. The lowest BCUT2D eigenvalue weighted by Crippen LogP contribution is -2.10. The van der Waals surface area contributed by atoms with Crippen molar-refractivity contribution in [3.63, 3.8) is 0 Å². The van der Waals surface area contributed by atoms with Crippen molar-refractivity contribution in [3.05, 3.63) is 35.6 Å². The van der Waals surface area contributed by atoms with Crippen molar-refractivity contribution >= 4 is 25.8 Å². The largest absolute Gasteiger partial charge is 0.229 e. The molecule has 1 aromatic rings. The van der Waals surface area contributed by atoms with Crippen LogP contribution in [0.5, 0.6) is 0 Å². The van der Waals surface area contributed by atoms with Crippen LogP contribution in [-0.4, -0.2) is 25.3 Å². The molecule has 0 heterocycles. The lowest BCUT2D eigenvalue weighted by atomic mass is 9.97. The first-order valence-electron chi connectivity index (χ1n) is 6.00. The van der Waals surface area contributed by atoms with Crippen LogP contribution < -0.4 is 0 Å². The Balaban J connectivity index is 2.55. The van der Waals surface area contributed by atoms with Gasteiger partial charge in [0.1, 0.15) is 15.7 Å². The van der Waals surface area contributed by atoms with Gasteiger partial charge in [-0.25, -0.2) is 12.8 Å². The first-order chi connectivity index (χ1) is 8.48. The lowest BCUT2D eigenvalue weighted by molar-refractivity contribution is 0.588. The molecule has 0 radical (unpaired) electrons. The molecule has 0 amide bonds. The molecule has 1 atom stereocenters. The molecule has 0 aliphatic heterocycles. The summed E-state index contributed by atoms with van der Waals surface area (Å²) in [5.41, 5.74) is 1.04. The number of sulfone groups is 1. The van der Waals surface area contributed by atoms with Crippen LogP contribution in [0.1, 0.15) is 31.2 Å². The summed E-state index contributed by atoms with van der Waals surface area (Å²) in [6.45, 7) is 1.66. The molecule has 0 saturated carbocycles. The Hall–Kier alpha value is -0.420. The van der Waals surface area contributed by atoms with E-state index in [1.54, 1.807) is 19.1 Å². The van der Waals surface area contributed by atoms with Gasteiger partial charge < -0.3 is 0 Å². The van der Waals surface area contributed by atoms with Gasteiger partial charge in [-0.05, 0) is 36.5 Å². The highest BCUT2D eigenvalue weighted by molar-refractivity contribution is 9.09. The van der Waals surface area contributed by atoms with Crippen molar-refractivity contribution in [2.24, 2.45) is 0 Å². The molecule has 1 unspecified atom stereocenters. The average molecular weight is 337 g/mol. The van der Waals surface area contributed by atoms with Gasteiger partial charge in [0.15, 0.2) is 0 Å². The summed E-state index contributed by atoms with van der Waals surface area (Å²) >= 11 is 3.43. The van der Waals surface area contributed by atoms with E-state index in [4.69, 9.17) is 0 Å². The quantitative estimate of drug-likeness (QED) is 0.714. The smallest absolute Gasteiger partial charge is 0.150 e. The maximum atomic E-state index is 12.8. The minimum atomic E-state index is -2.89. The Kier molecular flexibility index (Phi) is 6.29. The summed E-state index contributed by atoms with van der Waals surface area (Å²) < 4.78 is 35.6. The Morgan fingerprint density at radius 2 is 1.89 bits per heavy atom. The van der Waals surface area contributed by atoms with Gasteiger partial charge in [0.05, 0.1) is 5.75 Å². The van der Waals surface area contributed by atoms with Gasteiger partial charge in [-0.1, -0.05) is 35.0 Å². The van der Waals surface area contributed by atoms with E-state index in [9.17, 15) is 12.8 Å². The zero-order valence-electron chi connectivity index (χ0n) is 10.4. The molecule has 18 heavy (non-hydrogen) atoms. The maximum Gasteiger partial charge on any atom is 0.150 e.